The first-order valence-electron chi connectivity index (χ1n) is 3.67. The van der Waals surface area contributed by atoms with E-state index in [1.807, 2.05) is 20.8 Å². The summed E-state index contributed by atoms with van der Waals surface area (Å²) >= 11 is 0. The molecule has 0 aliphatic carbocycles. The van der Waals surface area contributed by atoms with E-state index in [1.54, 1.807) is 7.05 Å². The Morgan fingerprint density at radius 2 is 1.91 bits per heavy atom. The highest BCUT2D eigenvalue weighted by molar-refractivity contribution is 6.03. The van der Waals surface area contributed by atoms with Crippen molar-refractivity contribution in [3.05, 3.63) is 0 Å². The summed E-state index contributed by atoms with van der Waals surface area (Å²) in [5, 5.41) is 7.61. The van der Waals surface area contributed by atoms with Gasteiger partial charge in [0.05, 0.1) is 5.84 Å². The molecule has 0 radical (unpaired) electrons. The summed E-state index contributed by atoms with van der Waals surface area (Å²) in [6, 6.07) is 0. The lowest BCUT2D eigenvalue weighted by molar-refractivity contribution is 0.580. The normalized spacial score (nSPS) is 13.3. The Hall–Kier alpha value is -0.860. The van der Waals surface area contributed by atoms with Crippen LogP contribution in [0, 0.1) is 10.8 Å². The number of rotatable bonds is 2. The minimum Gasteiger partial charge on any atom is -0.387 e. The lowest BCUT2D eigenvalue weighted by Gasteiger charge is -2.19. The largest absolute Gasteiger partial charge is 0.387 e. The van der Waals surface area contributed by atoms with Crippen molar-refractivity contribution in [3.8, 4) is 0 Å². The van der Waals surface area contributed by atoms with Crippen LogP contribution in [0.5, 0.6) is 0 Å². The highest BCUT2D eigenvalue weighted by Crippen LogP contribution is 2.16. The van der Waals surface area contributed by atoms with E-state index >= 15 is 0 Å². The molecular formula is C8H17N3. The lowest BCUT2D eigenvalue weighted by atomic mass is 9.88. The molecule has 0 fully saturated rings. The van der Waals surface area contributed by atoms with Crippen LogP contribution >= 0.6 is 0 Å². The molecule has 0 spiro atoms. The molecule has 3 heteroatoms. The van der Waals surface area contributed by atoms with Crippen LogP contribution in [0.4, 0.5) is 0 Å². The average Bonchev–Trinajstić information content (AvgIpc) is 1.85. The number of nitrogens with zero attached hydrogens (tertiary/aromatic N) is 1. The molecule has 0 amide bonds. The van der Waals surface area contributed by atoms with Crippen LogP contribution in [-0.4, -0.2) is 18.6 Å². The lowest BCUT2D eigenvalue weighted by Crippen LogP contribution is -2.25. The fourth-order valence-corrected chi connectivity index (χ4v) is 0.525. The average molecular weight is 155 g/mol. The summed E-state index contributed by atoms with van der Waals surface area (Å²) < 4.78 is 0. The number of nitrogens with two attached hydrogens (primary N) is 1. The Balaban J connectivity index is 4.10. The van der Waals surface area contributed by atoms with E-state index in [9.17, 15) is 0 Å². The van der Waals surface area contributed by atoms with Gasteiger partial charge in [0, 0.05) is 19.2 Å². The summed E-state index contributed by atoms with van der Waals surface area (Å²) in [5.74, 6) is 0.532. The van der Waals surface area contributed by atoms with Gasteiger partial charge < -0.3 is 11.1 Å². The van der Waals surface area contributed by atoms with Crippen LogP contribution in [0.15, 0.2) is 4.99 Å². The molecule has 3 nitrogen and oxygen atoms in total. The van der Waals surface area contributed by atoms with Crippen LogP contribution in [0.25, 0.3) is 0 Å². The third-order valence-electron chi connectivity index (χ3n) is 1.55. The molecule has 11 heavy (non-hydrogen) atoms. The summed E-state index contributed by atoms with van der Waals surface area (Å²) in [6.07, 6.45) is 0.486. The fraction of sp³-hybridized carbons (Fsp3) is 0.750. The van der Waals surface area contributed by atoms with E-state index < -0.39 is 0 Å². The van der Waals surface area contributed by atoms with Crippen LogP contribution in [0.1, 0.15) is 27.2 Å². The van der Waals surface area contributed by atoms with Crippen molar-refractivity contribution in [1.82, 2.24) is 0 Å². The summed E-state index contributed by atoms with van der Waals surface area (Å²) in [7, 11) is 1.64. The summed E-state index contributed by atoms with van der Waals surface area (Å²) in [5.41, 5.74) is 6.02. The Bertz CT molecular complexity index is 174. The van der Waals surface area contributed by atoms with Crippen LogP contribution in [-0.2, 0) is 0 Å². The van der Waals surface area contributed by atoms with Crippen LogP contribution < -0.4 is 5.73 Å². The van der Waals surface area contributed by atoms with Crippen molar-refractivity contribution in [1.29, 1.82) is 5.41 Å². The molecular weight excluding hydrogens is 138 g/mol. The van der Waals surface area contributed by atoms with Gasteiger partial charge in [0.25, 0.3) is 0 Å². The molecule has 0 rings (SSSR count). The molecule has 0 aromatic carbocycles. The molecule has 0 saturated carbocycles. The zero-order valence-corrected chi connectivity index (χ0v) is 7.73. The smallest absolute Gasteiger partial charge is 0.0990 e. The van der Waals surface area contributed by atoms with Gasteiger partial charge in [-0.3, -0.25) is 4.99 Å². The van der Waals surface area contributed by atoms with E-state index in [2.05, 4.69) is 4.99 Å². The highest BCUT2D eigenvalue weighted by Gasteiger charge is 2.17. The Labute approximate surface area is 68.2 Å². The Kier molecular flexibility index (Phi) is 3.23. The number of hydrogen-bond donors (Lipinski definition) is 2. The topological polar surface area (TPSA) is 62.2 Å². The fourth-order valence-electron chi connectivity index (χ4n) is 0.525. The van der Waals surface area contributed by atoms with Gasteiger partial charge in [0.1, 0.15) is 0 Å². The van der Waals surface area contributed by atoms with E-state index in [-0.39, 0.29) is 5.41 Å². The van der Waals surface area contributed by atoms with E-state index in [0.717, 1.165) is 0 Å². The van der Waals surface area contributed by atoms with Crippen molar-refractivity contribution < 1.29 is 0 Å². The Morgan fingerprint density at radius 1 is 1.45 bits per heavy atom. The highest BCUT2D eigenvalue weighted by atomic mass is 14.8. The van der Waals surface area contributed by atoms with Crippen molar-refractivity contribution in [3.63, 3.8) is 0 Å². The molecule has 0 saturated heterocycles. The maximum Gasteiger partial charge on any atom is 0.0990 e. The molecule has 0 aromatic rings. The number of hydrogen-bond acceptors (Lipinski definition) is 2. The van der Waals surface area contributed by atoms with Gasteiger partial charge in [-0.1, -0.05) is 20.8 Å². The van der Waals surface area contributed by atoms with Crippen molar-refractivity contribution in [2.75, 3.05) is 7.05 Å². The molecule has 0 atom stereocenters. The van der Waals surface area contributed by atoms with E-state index in [1.165, 1.54) is 0 Å². The third-order valence-corrected chi connectivity index (χ3v) is 1.55. The van der Waals surface area contributed by atoms with Crippen molar-refractivity contribution >= 4 is 11.5 Å². The molecule has 0 heterocycles. The zero-order valence-electron chi connectivity index (χ0n) is 7.73. The van der Waals surface area contributed by atoms with Crippen LogP contribution in [0.2, 0.25) is 0 Å². The number of aliphatic imine (C=N–C) groups is 1. The summed E-state index contributed by atoms with van der Waals surface area (Å²) in [4.78, 5) is 3.80. The van der Waals surface area contributed by atoms with E-state index in [0.29, 0.717) is 18.0 Å². The van der Waals surface area contributed by atoms with Gasteiger partial charge >= 0.3 is 0 Å². The zero-order chi connectivity index (χ0) is 9.07. The number of amidine groups is 1. The molecule has 0 aliphatic heterocycles. The summed E-state index contributed by atoms with van der Waals surface area (Å²) in [6.45, 7) is 5.99. The van der Waals surface area contributed by atoms with Gasteiger partial charge in [-0.15, -0.1) is 0 Å². The number of nitrogens with one attached hydrogen (secondary N) is 1. The molecule has 64 valence electrons. The second-order valence-corrected chi connectivity index (χ2v) is 3.62. The SMILES string of the molecule is CN=C(N)CC(=N)C(C)(C)C. The third kappa shape index (κ3) is 3.75. The monoisotopic (exact) mass is 155 g/mol. The van der Waals surface area contributed by atoms with Crippen LogP contribution in [0.3, 0.4) is 0 Å². The van der Waals surface area contributed by atoms with Gasteiger partial charge in [0.15, 0.2) is 0 Å². The first-order valence-corrected chi connectivity index (χ1v) is 3.67. The standard InChI is InChI=1S/C8H17N3/c1-8(2,3)6(9)5-7(10)11-4/h9H,5H2,1-4H3,(H2,10,11). The van der Waals surface area contributed by atoms with Crippen molar-refractivity contribution in [2.24, 2.45) is 16.1 Å². The first-order chi connectivity index (χ1) is 4.88. The van der Waals surface area contributed by atoms with Gasteiger partial charge in [0.2, 0.25) is 0 Å². The second-order valence-electron chi connectivity index (χ2n) is 3.62. The maximum atomic E-state index is 7.61. The quantitative estimate of drug-likeness (QED) is 0.460. The molecule has 0 aromatic heterocycles. The Morgan fingerprint density at radius 3 is 2.18 bits per heavy atom. The molecule has 3 N–H and O–H groups in total. The predicted molar refractivity (Wildman–Crippen MR) is 49.3 cm³/mol. The van der Waals surface area contributed by atoms with Crippen molar-refractivity contribution in [2.45, 2.75) is 27.2 Å². The maximum absolute atomic E-state index is 7.61. The molecule has 0 bridgehead atoms. The van der Waals surface area contributed by atoms with Gasteiger partial charge in [-0.2, -0.15) is 0 Å². The molecule has 0 aliphatic rings. The van der Waals surface area contributed by atoms with E-state index in [4.69, 9.17) is 11.1 Å². The first kappa shape index (κ1) is 10.1. The minimum absolute atomic E-state index is 0.0880. The second kappa shape index (κ2) is 3.51. The van der Waals surface area contributed by atoms with Gasteiger partial charge in [-0.25, -0.2) is 0 Å². The molecule has 0 unspecified atom stereocenters. The van der Waals surface area contributed by atoms with Gasteiger partial charge in [-0.05, 0) is 5.41 Å². The minimum atomic E-state index is -0.0880. The predicted octanol–water partition coefficient (Wildman–Crippen LogP) is 1.43.